The van der Waals surface area contributed by atoms with E-state index in [1.54, 1.807) is 4.90 Å². The van der Waals surface area contributed by atoms with Crippen LogP contribution >= 0.6 is 0 Å². The number of anilines is 1. The van der Waals surface area contributed by atoms with Crippen molar-refractivity contribution in [2.45, 2.75) is 63.2 Å². The highest BCUT2D eigenvalue weighted by Gasteiger charge is 2.42. The molecular formula is C25H28N2O4. The number of carbonyl (C=O) groups is 2. The SMILES string of the molecule is O=C(Nc1ccc2c(c1)OC1(CCCCC1)O2)C(c1ccccc1)N1CCCCC1=O. The van der Waals surface area contributed by atoms with Crippen LogP contribution in [0.3, 0.4) is 0 Å². The van der Waals surface area contributed by atoms with Crippen molar-refractivity contribution in [1.82, 2.24) is 4.90 Å². The van der Waals surface area contributed by atoms with E-state index >= 15 is 0 Å². The van der Waals surface area contributed by atoms with E-state index in [1.807, 2.05) is 48.5 Å². The number of nitrogens with one attached hydrogen (secondary N) is 1. The zero-order valence-electron chi connectivity index (χ0n) is 17.6. The Hall–Kier alpha value is -3.02. The predicted octanol–water partition coefficient (Wildman–Crippen LogP) is 4.81. The fourth-order valence-corrected chi connectivity index (χ4v) is 4.88. The van der Waals surface area contributed by atoms with Crippen LogP contribution < -0.4 is 14.8 Å². The summed E-state index contributed by atoms with van der Waals surface area (Å²) in [5, 5.41) is 3.01. The molecule has 1 unspecified atom stereocenters. The van der Waals surface area contributed by atoms with Crippen molar-refractivity contribution in [1.29, 1.82) is 0 Å². The average Bonchev–Trinajstić information content (AvgIpc) is 3.13. The zero-order chi connectivity index (χ0) is 21.3. The molecule has 0 aromatic heterocycles. The van der Waals surface area contributed by atoms with Crippen molar-refractivity contribution in [2.75, 3.05) is 11.9 Å². The van der Waals surface area contributed by atoms with Gasteiger partial charge in [-0.15, -0.1) is 0 Å². The molecule has 5 rings (SSSR count). The number of likely N-dealkylation sites (tertiary alicyclic amines) is 1. The third-order valence-electron chi connectivity index (χ3n) is 6.45. The Kier molecular flexibility index (Phi) is 5.30. The summed E-state index contributed by atoms with van der Waals surface area (Å²) in [6.45, 7) is 0.593. The first-order valence-electron chi connectivity index (χ1n) is 11.3. The molecule has 2 heterocycles. The zero-order valence-corrected chi connectivity index (χ0v) is 17.6. The number of rotatable bonds is 4. The van der Waals surface area contributed by atoms with Crippen molar-refractivity contribution in [3.63, 3.8) is 0 Å². The Morgan fingerprint density at radius 2 is 1.71 bits per heavy atom. The molecule has 1 atom stereocenters. The van der Waals surface area contributed by atoms with E-state index in [0.29, 0.717) is 24.4 Å². The van der Waals surface area contributed by atoms with Gasteiger partial charge in [0.1, 0.15) is 6.04 Å². The molecule has 1 saturated carbocycles. The van der Waals surface area contributed by atoms with Gasteiger partial charge in [0.05, 0.1) is 0 Å². The summed E-state index contributed by atoms with van der Waals surface area (Å²) < 4.78 is 12.3. The van der Waals surface area contributed by atoms with Gasteiger partial charge in [-0.3, -0.25) is 9.59 Å². The molecule has 0 radical (unpaired) electrons. The highest BCUT2D eigenvalue weighted by atomic mass is 16.7. The number of fused-ring (bicyclic) bond motifs is 1. The average molecular weight is 421 g/mol. The number of hydrogen-bond acceptors (Lipinski definition) is 4. The molecule has 2 aromatic carbocycles. The van der Waals surface area contributed by atoms with Crippen LogP contribution in [-0.4, -0.2) is 29.0 Å². The molecule has 1 aliphatic carbocycles. The predicted molar refractivity (Wildman–Crippen MR) is 117 cm³/mol. The molecule has 1 saturated heterocycles. The minimum atomic E-state index is -0.649. The summed E-state index contributed by atoms with van der Waals surface area (Å²) in [5.74, 6) is 0.666. The van der Waals surface area contributed by atoms with E-state index in [1.165, 1.54) is 6.42 Å². The smallest absolute Gasteiger partial charge is 0.251 e. The van der Waals surface area contributed by atoms with E-state index < -0.39 is 11.8 Å². The van der Waals surface area contributed by atoms with Gasteiger partial charge in [-0.25, -0.2) is 0 Å². The lowest BCUT2D eigenvalue weighted by Gasteiger charge is -2.34. The van der Waals surface area contributed by atoms with Gasteiger partial charge in [-0.1, -0.05) is 36.8 Å². The van der Waals surface area contributed by atoms with E-state index in [2.05, 4.69) is 5.32 Å². The molecule has 1 N–H and O–H groups in total. The van der Waals surface area contributed by atoms with Gasteiger partial charge in [-0.05, 0) is 43.4 Å². The third-order valence-corrected chi connectivity index (χ3v) is 6.45. The van der Waals surface area contributed by atoms with Crippen LogP contribution in [0.2, 0.25) is 0 Å². The fourth-order valence-electron chi connectivity index (χ4n) is 4.88. The van der Waals surface area contributed by atoms with Crippen LogP contribution in [-0.2, 0) is 9.59 Å². The van der Waals surface area contributed by atoms with Crippen LogP contribution in [0.5, 0.6) is 11.5 Å². The van der Waals surface area contributed by atoms with Crippen molar-refractivity contribution in [3.8, 4) is 11.5 Å². The van der Waals surface area contributed by atoms with Gasteiger partial charge >= 0.3 is 0 Å². The molecule has 2 amide bonds. The van der Waals surface area contributed by atoms with Crippen LogP contribution in [0.4, 0.5) is 5.69 Å². The molecule has 6 nitrogen and oxygen atoms in total. The normalized spacial score (nSPS) is 20.5. The molecule has 3 aliphatic rings. The maximum Gasteiger partial charge on any atom is 0.251 e. The number of nitrogens with zero attached hydrogens (tertiary/aromatic N) is 1. The molecule has 2 fully saturated rings. The maximum absolute atomic E-state index is 13.4. The summed E-state index contributed by atoms with van der Waals surface area (Å²) in [6.07, 6.45) is 7.45. The number of amides is 2. The molecule has 2 aliphatic heterocycles. The van der Waals surface area contributed by atoms with Gasteiger partial charge in [0, 0.05) is 37.6 Å². The first kappa shape index (κ1) is 19.9. The number of ether oxygens (including phenoxy) is 2. The Bertz CT molecular complexity index is 969. The minimum absolute atomic E-state index is 0.0279. The second-order valence-electron chi connectivity index (χ2n) is 8.68. The van der Waals surface area contributed by atoms with E-state index in [0.717, 1.165) is 49.8 Å². The van der Waals surface area contributed by atoms with Gasteiger partial charge in [0.15, 0.2) is 11.5 Å². The first-order chi connectivity index (χ1) is 15.1. The van der Waals surface area contributed by atoms with Crippen LogP contribution in [0.25, 0.3) is 0 Å². The maximum atomic E-state index is 13.4. The summed E-state index contributed by atoms with van der Waals surface area (Å²) in [7, 11) is 0. The molecule has 1 spiro atoms. The molecule has 0 bridgehead atoms. The topological polar surface area (TPSA) is 67.9 Å². The minimum Gasteiger partial charge on any atom is -0.448 e. The van der Waals surface area contributed by atoms with Gasteiger partial charge < -0.3 is 19.7 Å². The molecule has 6 heteroatoms. The number of piperidine rings is 1. The summed E-state index contributed by atoms with van der Waals surface area (Å²) in [6, 6.07) is 14.4. The second kappa shape index (κ2) is 8.25. The summed E-state index contributed by atoms with van der Waals surface area (Å²) in [4.78, 5) is 27.7. The first-order valence-corrected chi connectivity index (χ1v) is 11.3. The van der Waals surface area contributed by atoms with E-state index in [-0.39, 0.29) is 11.8 Å². The van der Waals surface area contributed by atoms with Gasteiger partial charge in [-0.2, -0.15) is 0 Å². The Morgan fingerprint density at radius 3 is 2.48 bits per heavy atom. The van der Waals surface area contributed by atoms with Crippen LogP contribution in [0.1, 0.15) is 63.0 Å². The second-order valence-corrected chi connectivity index (χ2v) is 8.68. The molecule has 162 valence electrons. The molecule has 2 aromatic rings. The monoisotopic (exact) mass is 420 g/mol. The molecular weight excluding hydrogens is 392 g/mol. The van der Waals surface area contributed by atoms with Crippen molar-refractivity contribution < 1.29 is 19.1 Å². The Balaban J connectivity index is 1.37. The fraction of sp³-hybridized carbons (Fsp3) is 0.440. The number of benzene rings is 2. The highest BCUT2D eigenvalue weighted by molar-refractivity contribution is 5.98. The van der Waals surface area contributed by atoms with E-state index in [4.69, 9.17) is 9.47 Å². The van der Waals surface area contributed by atoms with E-state index in [9.17, 15) is 9.59 Å². The quantitative estimate of drug-likeness (QED) is 0.771. The van der Waals surface area contributed by atoms with Crippen molar-refractivity contribution >= 4 is 17.5 Å². The Labute approximate surface area is 182 Å². The Morgan fingerprint density at radius 1 is 0.935 bits per heavy atom. The van der Waals surface area contributed by atoms with Crippen LogP contribution in [0.15, 0.2) is 48.5 Å². The largest absolute Gasteiger partial charge is 0.448 e. The standard InChI is InChI=1S/C25H28N2O4/c28-22-11-5-8-16-27(22)23(18-9-3-1-4-10-18)24(29)26-19-12-13-20-21(17-19)31-25(30-20)14-6-2-7-15-25/h1,3-4,9-10,12-13,17,23H,2,5-8,11,14-16H2,(H,26,29). The van der Waals surface area contributed by atoms with Crippen molar-refractivity contribution in [2.24, 2.45) is 0 Å². The number of carbonyl (C=O) groups excluding carboxylic acids is 2. The van der Waals surface area contributed by atoms with Gasteiger partial charge in [0.2, 0.25) is 5.91 Å². The van der Waals surface area contributed by atoms with Gasteiger partial charge in [0.25, 0.3) is 11.7 Å². The highest BCUT2D eigenvalue weighted by Crippen LogP contribution is 2.46. The summed E-state index contributed by atoms with van der Waals surface area (Å²) >= 11 is 0. The van der Waals surface area contributed by atoms with Crippen molar-refractivity contribution in [3.05, 3.63) is 54.1 Å². The molecule has 31 heavy (non-hydrogen) atoms. The lowest BCUT2D eigenvalue weighted by Crippen LogP contribution is -2.43. The lowest BCUT2D eigenvalue weighted by atomic mass is 9.94. The van der Waals surface area contributed by atoms with Crippen LogP contribution in [0, 0.1) is 0 Å². The lowest BCUT2D eigenvalue weighted by molar-refractivity contribution is -0.141. The third kappa shape index (κ3) is 3.99. The summed E-state index contributed by atoms with van der Waals surface area (Å²) in [5.41, 5.74) is 1.46. The number of hydrogen-bond donors (Lipinski definition) is 1.